The molecule has 0 aliphatic carbocycles. The summed E-state index contributed by atoms with van der Waals surface area (Å²) in [5.74, 6) is 1.03. The monoisotopic (exact) mass is 354 g/mol. The summed E-state index contributed by atoms with van der Waals surface area (Å²) in [7, 11) is 5.08. The molecule has 0 bridgehead atoms. The van der Waals surface area contributed by atoms with Crippen molar-refractivity contribution in [1.82, 2.24) is 4.57 Å². The van der Waals surface area contributed by atoms with E-state index in [-0.39, 0.29) is 5.91 Å². The van der Waals surface area contributed by atoms with Gasteiger partial charge in [-0.25, -0.2) is 0 Å². The number of rotatable bonds is 4. The highest BCUT2D eigenvalue weighted by Gasteiger charge is 2.04. The smallest absolute Gasteiger partial charge is 0.272 e. The van der Waals surface area contributed by atoms with E-state index in [1.807, 2.05) is 41.9 Å². The van der Waals surface area contributed by atoms with E-state index < -0.39 is 0 Å². The Morgan fingerprint density at radius 2 is 1.96 bits per heavy atom. The topological polar surface area (TPSA) is 52.8 Å². The second kappa shape index (κ2) is 7.36. The minimum Gasteiger partial charge on any atom is -0.497 e. The fourth-order valence-electron chi connectivity index (χ4n) is 2.45. The molecule has 0 N–H and O–H groups in total. The molecule has 25 heavy (non-hydrogen) atoms. The average Bonchev–Trinajstić information content (AvgIpc) is 2.95. The van der Waals surface area contributed by atoms with Crippen molar-refractivity contribution >= 4 is 33.5 Å². The highest BCUT2D eigenvalue weighted by Crippen LogP contribution is 2.25. The number of fused-ring (bicyclic) bond motifs is 1. The molecule has 0 radical (unpaired) electrons. The van der Waals surface area contributed by atoms with Crippen LogP contribution >= 0.6 is 11.3 Å². The van der Waals surface area contributed by atoms with Gasteiger partial charge in [0.25, 0.3) is 5.91 Å². The number of ether oxygens (including phenoxy) is 2. The lowest BCUT2D eigenvalue weighted by Crippen LogP contribution is -2.12. The van der Waals surface area contributed by atoms with Crippen molar-refractivity contribution in [3.05, 3.63) is 58.9 Å². The van der Waals surface area contributed by atoms with Gasteiger partial charge in [0.15, 0.2) is 4.80 Å². The van der Waals surface area contributed by atoms with Crippen LogP contribution in [0.3, 0.4) is 0 Å². The van der Waals surface area contributed by atoms with Crippen LogP contribution in [0.2, 0.25) is 0 Å². The molecule has 0 aliphatic rings. The van der Waals surface area contributed by atoms with E-state index in [4.69, 9.17) is 9.47 Å². The summed E-state index contributed by atoms with van der Waals surface area (Å²) >= 11 is 1.48. The number of hydrogen-bond acceptors (Lipinski definition) is 4. The third-order valence-electron chi connectivity index (χ3n) is 3.76. The second-order valence-electron chi connectivity index (χ2n) is 5.30. The summed E-state index contributed by atoms with van der Waals surface area (Å²) in [4.78, 5) is 17.1. The SMILES string of the molecule is COc1ccc(OC)c(/C=C/C(=O)N=c2sc3ccccc3n2C)c1. The zero-order valence-electron chi connectivity index (χ0n) is 14.2. The molecular weight excluding hydrogens is 336 g/mol. The second-order valence-corrected chi connectivity index (χ2v) is 6.31. The number of hydrogen-bond donors (Lipinski definition) is 0. The van der Waals surface area contributed by atoms with Gasteiger partial charge in [0.2, 0.25) is 0 Å². The third kappa shape index (κ3) is 3.64. The minimum atomic E-state index is -0.327. The van der Waals surface area contributed by atoms with Gasteiger partial charge < -0.3 is 14.0 Å². The van der Waals surface area contributed by atoms with Gasteiger partial charge in [-0.05, 0) is 36.4 Å². The van der Waals surface area contributed by atoms with Crippen LogP contribution in [0.25, 0.3) is 16.3 Å². The van der Waals surface area contributed by atoms with Gasteiger partial charge in [0.05, 0.1) is 24.4 Å². The molecule has 0 unspecified atom stereocenters. The maximum absolute atomic E-state index is 12.2. The summed E-state index contributed by atoms with van der Waals surface area (Å²) < 4.78 is 13.5. The predicted molar refractivity (Wildman–Crippen MR) is 99.9 cm³/mol. The minimum absolute atomic E-state index is 0.327. The van der Waals surface area contributed by atoms with Crippen LogP contribution in [0.4, 0.5) is 0 Å². The van der Waals surface area contributed by atoms with Crippen molar-refractivity contribution in [3.63, 3.8) is 0 Å². The Hall–Kier alpha value is -2.86. The number of benzene rings is 2. The lowest BCUT2D eigenvalue weighted by molar-refractivity contribution is -0.113. The van der Waals surface area contributed by atoms with Gasteiger partial charge >= 0.3 is 0 Å². The highest BCUT2D eigenvalue weighted by atomic mass is 32.1. The summed E-state index contributed by atoms with van der Waals surface area (Å²) in [6.45, 7) is 0. The Kier molecular flexibility index (Phi) is 5.00. The molecule has 0 aliphatic heterocycles. The van der Waals surface area contributed by atoms with Crippen LogP contribution in [0.15, 0.2) is 53.5 Å². The number of nitrogens with zero attached hydrogens (tertiary/aromatic N) is 2. The summed E-state index contributed by atoms with van der Waals surface area (Å²) in [5.41, 5.74) is 1.81. The molecule has 0 saturated carbocycles. The van der Waals surface area contributed by atoms with Crippen LogP contribution < -0.4 is 14.3 Å². The molecule has 1 aromatic heterocycles. The molecule has 1 heterocycles. The number of aromatic nitrogens is 1. The maximum atomic E-state index is 12.2. The molecular formula is C19H18N2O3S. The van der Waals surface area contributed by atoms with Gasteiger partial charge in [0.1, 0.15) is 11.5 Å². The number of aryl methyl sites for hydroxylation is 1. The quantitative estimate of drug-likeness (QED) is 0.675. The van der Waals surface area contributed by atoms with E-state index in [9.17, 15) is 4.79 Å². The highest BCUT2D eigenvalue weighted by molar-refractivity contribution is 7.16. The average molecular weight is 354 g/mol. The first-order valence-electron chi connectivity index (χ1n) is 7.65. The maximum Gasteiger partial charge on any atom is 0.272 e. The van der Waals surface area contributed by atoms with Crippen LogP contribution in [0.1, 0.15) is 5.56 Å². The lowest BCUT2D eigenvalue weighted by atomic mass is 10.1. The molecule has 3 aromatic rings. The van der Waals surface area contributed by atoms with E-state index >= 15 is 0 Å². The van der Waals surface area contributed by atoms with Crippen LogP contribution in [-0.2, 0) is 11.8 Å². The predicted octanol–water partition coefficient (Wildman–Crippen LogP) is 3.40. The van der Waals surface area contributed by atoms with Crippen molar-refractivity contribution < 1.29 is 14.3 Å². The van der Waals surface area contributed by atoms with Crippen LogP contribution in [0.5, 0.6) is 11.5 Å². The Bertz CT molecular complexity index is 1010. The fraction of sp³-hybridized carbons (Fsp3) is 0.158. The van der Waals surface area contributed by atoms with Crippen molar-refractivity contribution in [2.75, 3.05) is 14.2 Å². The molecule has 3 rings (SSSR count). The van der Waals surface area contributed by atoms with Crippen molar-refractivity contribution in [2.45, 2.75) is 0 Å². The third-order valence-corrected chi connectivity index (χ3v) is 4.88. The van der Waals surface area contributed by atoms with Gasteiger partial charge in [-0.2, -0.15) is 4.99 Å². The lowest BCUT2D eigenvalue weighted by Gasteiger charge is -2.06. The first-order chi connectivity index (χ1) is 12.1. The Balaban J connectivity index is 1.91. The van der Waals surface area contributed by atoms with Gasteiger partial charge in [-0.3, -0.25) is 4.79 Å². The van der Waals surface area contributed by atoms with E-state index in [0.717, 1.165) is 15.8 Å². The first-order valence-corrected chi connectivity index (χ1v) is 8.47. The van der Waals surface area contributed by atoms with Crippen LogP contribution in [-0.4, -0.2) is 24.7 Å². The normalized spacial score (nSPS) is 12.0. The number of thiazole rings is 1. The first kappa shape index (κ1) is 17.0. The summed E-state index contributed by atoms with van der Waals surface area (Å²) in [5, 5.41) is 0. The van der Waals surface area contributed by atoms with E-state index in [2.05, 4.69) is 4.99 Å². The number of carbonyl (C=O) groups is 1. The number of methoxy groups -OCH3 is 2. The Morgan fingerprint density at radius 1 is 1.16 bits per heavy atom. The standard InChI is InChI=1S/C19H18N2O3S/c1-21-15-6-4-5-7-17(15)25-19(21)20-18(22)11-8-13-12-14(23-2)9-10-16(13)24-3/h4-12H,1-3H3/b11-8+,20-19?. The molecule has 1 amide bonds. The van der Waals surface area contributed by atoms with Gasteiger partial charge in [-0.1, -0.05) is 23.5 Å². The molecule has 0 spiro atoms. The number of amides is 1. The van der Waals surface area contributed by atoms with Crippen molar-refractivity contribution in [2.24, 2.45) is 12.0 Å². The molecule has 0 fully saturated rings. The molecule has 128 valence electrons. The number of para-hydroxylation sites is 1. The van der Waals surface area contributed by atoms with Gasteiger partial charge in [-0.15, -0.1) is 0 Å². The van der Waals surface area contributed by atoms with E-state index in [1.165, 1.54) is 17.4 Å². The largest absolute Gasteiger partial charge is 0.497 e. The summed E-state index contributed by atoms with van der Waals surface area (Å²) in [6.07, 6.45) is 3.11. The molecule has 0 atom stereocenters. The zero-order valence-corrected chi connectivity index (χ0v) is 15.0. The molecule has 2 aromatic carbocycles. The molecule has 0 saturated heterocycles. The fourth-order valence-corrected chi connectivity index (χ4v) is 3.47. The van der Waals surface area contributed by atoms with E-state index in [1.54, 1.807) is 32.4 Å². The molecule has 6 heteroatoms. The zero-order chi connectivity index (χ0) is 17.8. The number of carbonyl (C=O) groups excluding carboxylic acids is 1. The summed E-state index contributed by atoms with van der Waals surface area (Å²) in [6, 6.07) is 13.4. The van der Waals surface area contributed by atoms with E-state index in [0.29, 0.717) is 16.3 Å². The molecule has 5 nitrogen and oxygen atoms in total. The Labute approximate surface area is 149 Å². The van der Waals surface area contributed by atoms with Crippen molar-refractivity contribution in [3.8, 4) is 11.5 Å². The van der Waals surface area contributed by atoms with Crippen LogP contribution in [0, 0.1) is 0 Å². The Morgan fingerprint density at radius 3 is 2.68 bits per heavy atom. The van der Waals surface area contributed by atoms with Gasteiger partial charge in [0, 0.05) is 18.7 Å². The van der Waals surface area contributed by atoms with Crippen molar-refractivity contribution in [1.29, 1.82) is 0 Å².